The minimum Gasteiger partial charge on any atom is -0.391 e. The molecule has 0 bridgehead atoms. The molecule has 124 valence electrons. The molecule has 6 nitrogen and oxygen atoms in total. The Hall–Kier alpha value is -2.44. The van der Waals surface area contributed by atoms with Crippen LogP contribution in [0.2, 0.25) is 0 Å². The summed E-state index contributed by atoms with van der Waals surface area (Å²) in [5.74, 6) is 0. The van der Waals surface area contributed by atoms with E-state index >= 15 is 0 Å². The van der Waals surface area contributed by atoms with Gasteiger partial charge in [-0.25, -0.2) is 0 Å². The zero-order valence-electron chi connectivity index (χ0n) is 13.4. The van der Waals surface area contributed by atoms with Crippen LogP contribution in [0.3, 0.4) is 0 Å². The lowest BCUT2D eigenvalue weighted by Gasteiger charge is -2.42. The molecular formula is C18H20N4O2. The molecule has 2 aromatic heterocycles. The van der Waals surface area contributed by atoms with Crippen molar-refractivity contribution in [1.82, 2.24) is 20.1 Å². The van der Waals surface area contributed by atoms with Crippen molar-refractivity contribution in [3.05, 3.63) is 64.2 Å². The lowest BCUT2D eigenvalue weighted by molar-refractivity contribution is -0.00826. The molecule has 1 saturated carbocycles. The fraction of sp³-hybridized carbons (Fsp3) is 0.333. The highest BCUT2D eigenvalue weighted by atomic mass is 16.3. The number of nitrogens with zero attached hydrogens (tertiary/aromatic N) is 2. The van der Waals surface area contributed by atoms with Gasteiger partial charge in [-0.2, -0.15) is 5.10 Å². The molecule has 0 saturated heterocycles. The zero-order valence-corrected chi connectivity index (χ0v) is 13.4. The second-order valence-corrected chi connectivity index (χ2v) is 6.49. The highest BCUT2D eigenvalue weighted by Gasteiger charge is 2.41. The number of aryl methyl sites for hydroxylation is 1. The van der Waals surface area contributed by atoms with Crippen LogP contribution in [-0.4, -0.2) is 32.0 Å². The van der Waals surface area contributed by atoms with Crippen LogP contribution in [-0.2, 0) is 6.54 Å². The molecule has 3 N–H and O–H groups in total. The number of H-pyrrole nitrogens is 1. The number of aromatic nitrogens is 3. The van der Waals surface area contributed by atoms with Gasteiger partial charge in [-0.3, -0.25) is 9.48 Å². The minimum atomic E-state index is -0.406. The Labute approximate surface area is 139 Å². The van der Waals surface area contributed by atoms with Crippen molar-refractivity contribution in [2.45, 2.75) is 38.1 Å². The van der Waals surface area contributed by atoms with Crippen LogP contribution in [0.25, 0.3) is 10.9 Å². The predicted octanol–water partition coefficient (Wildman–Crippen LogP) is 1.50. The third-order valence-corrected chi connectivity index (χ3v) is 4.72. The summed E-state index contributed by atoms with van der Waals surface area (Å²) in [4.78, 5) is 15.1. The quantitative estimate of drug-likeness (QED) is 0.679. The first-order valence-electron chi connectivity index (χ1n) is 8.15. The maximum Gasteiger partial charge on any atom is 0.252 e. The number of nitrogens with one attached hydrogen (secondary N) is 2. The standard InChI is InChI=1S/C18H20N4O2/c1-11-8-20-22(10-11)17-15(7-16(17)23)19-9-13-6-12-4-2-3-5-14(12)21-18(13)24/h2-6,8,10,15-17,19,23H,7,9H2,1H3,(H,21,24)/t15-,16+,17+/m0/s1. The maximum absolute atomic E-state index is 12.2. The number of hydrogen-bond acceptors (Lipinski definition) is 4. The Morgan fingerprint density at radius 2 is 2.25 bits per heavy atom. The molecule has 24 heavy (non-hydrogen) atoms. The van der Waals surface area contributed by atoms with Crippen molar-refractivity contribution in [3.8, 4) is 0 Å². The molecule has 6 heteroatoms. The van der Waals surface area contributed by atoms with Gasteiger partial charge in [0.05, 0.1) is 18.3 Å². The summed E-state index contributed by atoms with van der Waals surface area (Å²) in [5.41, 5.74) is 2.53. The highest BCUT2D eigenvalue weighted by Crippen LogP contribution is 2.32. The maximum atomic E-state index is 12.2. The topological polar surface area (TPSA) is 82.9 Å². The van der Waals surface area contributed by atoms with Gasteiger partial charge in [-0.15, -0.1) is 0 Å². The van der Waals surface area contributed by atoms with E-state index < -0.39 is 6.10 Å². The van der Waals surface area contributed by atoms with E-state index in [0.717, 1.165) is 16.5 Å². The van der Waals surface area contributed by atoms with E-state index in [1.54, 1.807) is 6.20 Å². The van der Waals surface area contributed by atoms with Gasteiger partial charge in [0, 0.05) is 29.9 Å². The number of aliphatic hydroxyl groups excluding tert-OH is 1. The largest absolute Gasteiger partial charge is 0.391 e. The van der Waals surface area contributed by atoms with E-state index in [0.29, 0.717) is 18.5 Å². The highest BCUT2D eigenvalue weighted by molar-refractivity contribution is 5.78. The monoisotopic (exact) mass is 324 g/mol. The van der Waals surface area contributed by atoms with Crippen molar-refractivity contribution in [2.75, 3.05) is 0 Å². The van der Waals surface area contributed by atoms with E-state index in [4.69, 9.17) is 0 Å². The molecule has 0 spiro atoms. The predicted molar refractivity (Wildman–Crippen MR) is 91.8 cm³/mol. The molecule has 0 amide bonds. The van der Waals surface area contributed by atoms with Crippen LogP contribution >= 0.6 is 0 Å². The van der Waals surface area contributed by atoms with Crippen LogP contribution in [0.5, 0.6) is 0 Å². The second kappa shape index (κ2) is 5.89. The molecule has 4 rings (SSSR count). The SMILES string of the molecule is Cc1cnn([C@H]2[C@H](O)C[C@@H]2NCc2cc3ccccc3[nH]c2=O)c1. The summed E-state index contributed by atoms with van der Waals surface area (Å²) >= 11 is 0. The van der Waals surface area contributed by atoms with Crippen LogP contribution < -0.4 is 10.9 Å². The summed E-state index contributed by atoms with van der Waals surface area (Å²) in [6.45, 7) is 2.44. The average Bonchev–Trinajstić information content (AvgIpc) is 2.96. The molecule has 0 aliphatic heterocycles. The Morgan fingerprint density at radius 1 is 1.42 bits per heavy atom. The Bertz CT molecular complexity index is 930. The first-order chi connectivity index (χ1) is 11.6. The number of para-hydroxylation sites is 1. The summed E-state index contributed by atoms with van der Waals surface area (Å²) in [6.07, 6.45) is 3.98. The van der Waals surface area contributed by atoms with Gasteiger partial charge in [-0.1, -0.05) is 18.2 Å². The summed E-state index contributed by atoms with van der Waals surface area (Å²) in [6, 6.07) is 9.68. The third kappa shape index (κ3) is 2.64. The molecule has 1 fully saturated rings. The number of aromatic amines is 1. The molecular weight excluding hydrogens is 304 g/mol. The van der Waals surface area contributed by atoms with Crippen molar-refractivity contribution >= 4 is 10.9 Å². The van der Waals surface area contributed by atoms with Crippen molar-refractivity contribution in [3.63, 3.8) is 0 Å². The fourth-order valence-corrected chi connectivity index (χ4v) is 3.34. The van der Waals surface area contributed by atoms with Crippen LogP contribution in [0.4, 0.5) is 0 Å². The third-order valence-electron chi connectivity index (χ3n) is 4.72. The molecule has 0 radical (unpaired) electrons. The molecule has 3 aromatic rings. The van der Waals surface area contributed by atoms with Crippen LogP contribution in [0.15, 0.2) is 47.5 Å². The normalized spacial score (nSPS) is 23.3. The van der Waals surface area contributed by atoms with Crippen molar-refractivity contribution in [2.24, 2.45) is 0 Å². The first-order valence-corrected chi connectivity index (χ1v) is 8.15. The Kier molecular flexibility index (Phi) is 3.70. The van der Waals surface area contributed by atoms with E-state index in [2.05, 4.69) is 15.4 Å². The summed E-state index contributed by atoms with van der Waals surface area (Å²) < 4.78 is 1.81. The molecule has 1 aromatic carbocycles. The van der Waals surface area contributed by atoms with Crippen molar-refractivity contribution < 1.29 is 5.11 Å². The van der Waals surface area contributed by atoms with Gasteiger partial charge in [0.1, 0.15) is 0 Å². The van der Waals surface area contributed by atoms with Gasteiger partial charge < -0.3 is 15.4 Å². The van der Waals surface area contributed by atoms with E-state index in [1.807, 2.05) is 48.1 Å². The second-order valence-electron chi connectivity index (χ2n) is 6.49. The molecule has 0 unspecified atom stereocenters. The Morgan fingerprint density at radius 3 is 3.00 bits per heavy atom. The molecule has 3 atom stereocenters. The number of benzene rings is 1. The van der Waals surface area contributed by atoms with E-state index in [-0.39, 0.29) is 17.6 Å². The zero-order chi connectivity index (χ0) is 16.7. The van der Waals surface area contributed by atoms with Gasteiger partial charge in [0.25, 0.3) is 5.56 Å². The first kappa shape index (κ1) is 15.1. The van der Waals surface area contributed by atoms with Gasteiger partial charge >= 0.3 is 0 Å². The van der Waals surface area contributed by atoms with Crippen molar-refractivity contribution in [1.29, 1.82) is 0 Å². The van der Waals surface area contributed by atoms with Crippen LogP contribution in [0, 0.1) is 6.92 Å². The van der Waals surface area contributed by atoms with Crippen LogP contribution in [0.1, 0.15) is 23.6 Å². The molecule has 1 aliphatic rings. The smallest absolute Gasteiger partial charge is 0.252 e. The Balaban J connectivity index is 1.51. The average molecular weight is 324 g/mol. The van der Waals surface area contributed by atoms with Gasteiger partial charge in [-0.05, 0) is 36.4 Å². The molecule has 1 aliphatic carbocycles. The molecule has 2 heterocycles. The van der Waals surface area contributed by atoms with Gasteiger partial charge in [0.2, 0.25) is 0 Å². The van der Waals surface area contributed by atoms with E-state index in [1.165, 1.54) is 0 Å². The number of aliphatic hydroxyl groups is 1. The number of hydrogen-bond donors (Lipinski definition) is 3. The number of fused-ring (bicyclic) bond motifs is 1. The van der Waals surface area contributed by atoms with Gasteiger partial charge in [0.15, 0.2) is 0 Å². The van der Waals surface area contributed by atoms with E-state index in [9.17, 15) is 9.90 Å². The number of rotatable bonds is 4. The lowest BCUT2D eigenvalue weighted by atomic mass is 9.83. The summed E-state index contributed by atoms with van der Waals surface area (Å²) in [5, 5.41) is 18.8. The minimum absolute atomic E-state index is 0.0763. The fourth-order valence-electron chi connectivity index (χ4n) is 3.34. The lowest BCUT2D eigenvalue weighted by Crippen LogP contribution is -2.54. The summed E-state index contributed by atoms with van der Waals surface area (Å²) in [7, 11) is 0. The number of pyridine rings is 1.